The maximum atomic E-state index is 10.9. The van der Waals surface area contributed by atoms with Crippen LogP contribution in [0.25, 0.3) is 5.69 Å². The van der Waals surface area contributed by atoms with Gasteiger partial charge in [-0.25, -0.2) is 18.1 Å². The predicted octanol–water partition coefficient (Wildman–Crippen LogP) is 0.590. The van der Waals surface area contributed by atoms with E-state index < -0.39 is 9.05 Å². The highest BCUT2D eigenvalue weighted by molar-refractivity contribution is 8.13. The van der Waals surface area contributed by atoms with Crippen molar-refractivity contribution in [1.82, 2.24) is 20.0 Å². The van der Waals surface area contributed by atoms with Crippen LogP contribution >= 0.6 is 10.7 Å². The Kier molecular flexibility index (Phi) is 2.41. The number of hydrogen-bond acceptors (Lipinski definition) is 5. The topological polar surface area (TPSA) is 77.7 Å². The van der Waals surface area contributed by atoms with E-state index in [1.807, 2.05) is 0 Å². The maximum absolute atomic E-state index is 10.9. The number of aromatic nitrogens is 4. The fourth-order valence-corrected chi connectivity index (χ4v) is 1.68. The van der Waals surface area contributed by atoms with Gasteiger partial charge in [-0.2, -0.15) is 0 Å². The normalized spacial score (nSPS) is 11.5. The molecule has 0 aliphatic rings. The molecule has 2 rings (SSSR count). The Morgan fingerprint density at radius 1 is 1.33 bits per heavy atom. The number of rotatable bonds is 2. The summed E-state index contributed by atoms with van der Waals surface area (Å²) in [5.74, 6) is 0. The molecule has 8 heteroatoms. The fraction of sp³-hybridized carbons (Fsp3) is 0. The molecular formula is C7H5ClN4O2S. The Bertz CT molecular complexity index is 549. The van der Waals surface area contributed by atoms with E-state index in [2.05, 4.69) is 15.3 Å². The predicted molar refractivity (Wildman–Crippen MR) is 52.2 cm³/mol. The van der Waals surface area contributed by atoms with Gasteiger partial charge in [-0.1, -0.05) is 5.21 Å². The molecule has 2 aromatic heterocycles. The van der Waals surface area contributed by atoms with Crippen LogP contribution in [0.1, 0.15) is 0 Å². The van der Waals surface area contributed by atoms with Gasteiger partial charge in [0.1, 0.15) is 0 Å². The van der Waals surface area contributed by atoms with Crippen molar-refractivity contribution in [3.8, 4) is 5.69 Å². The Labute approximate surface area is 89.9 Å². The van der Waals surface area contributed by atoms with Gasteiger partial charge < -0.3 is 0 Å². The van der Waals surface area contributed by atoms with Crippen LogP contribution in [-0.2, 0) is 9.05 Å². The minimum atomic E-state index is -3.77. The van der Waals surface area contributed by atoms with Gasteiger partial charge in [-0.15, -0.1) is 5.10 Å². The molecule has 2 aromatic rings. The first-order valence-electron chi connectivity index (χ1n) is 3.85. The minimum Gasteiger partial charge on any atom is -0.241 e. The molecule has 0 aromatic carbocycles. The highest BCUT2D eigenvalue weighted by atomic mass is 35.7. The SMILES string of the molecule is O=S(=O)(Cl)c1ccc(-n2ccnn2)cn1. The average molecular weight is 245 g/mol. The van der Waals surface area contributed by atoms with Crippen LogP contribution in [0.4, 0.5) is 0 Å². The summed E-state index contributed by atoms with van der Waals surface area (Å²) < 4.78 is 23.3. The van der Waals surface area contributed by atoms with Crippen LogP contribution in [0.15, 0.2) is 35.7 Å². The summed E-state index contributed by atoms with van der Waals surface area (Å²) in [6.07, 6.45) is 4.47. The highest BCUT2D eigenvalue weighted by Crippen LogP contribution is 2.13. The number of hydrogen-bond donors (Lipinski definition) is 0. The van der Waals surface area contributed by atoms with Crippen LogP contribution in [0.3, 0.4) is 0 Å². The van der Waals surface area contributed by atoms with Crippen LogP contribution < -0.4 is 0 Å². The third kappa shape index (κ3) is 2.13. The molecule has 0 radical (unpaired) electrons. The summed E-state index contributed by atoms with van der Waals surface area (Å²) in [6, 6.07) is 2.84. The van der Waals surface area contributed by atoms with Crippen molar-refractivity contribution in [3.05, 3.63) is 30.7 Å². The van der Waals surface area contributed by atoms with Crippen molar-refractivity contribution in [2.24, 2.45) is 0 Å². The smallest absolute Gasteiger partial charge is 0.241 e. The van der Waals surface area contributed by atoms with Gasteiger partial charge in [0.05, 0.1) is 24.3 Å². The molecular weight excluding hydrogens is 240 g/mol. The van der Waals surface area contributed by atoms with Crippen molar-refractivity contribution >= 4 is 19.7 Å². The zero-order valence-electron chi connectivity index (χ0n) is 7.28. The quantitative estimate of drug-likeness (QED) is 0.723. The molecule has 15 heavy (non-hydrogen) atoms. The monoisotopic (exact) mass is 244 g/mol. The van der Waals surface area contributed by atoms with Crippen LogP contribution in [0.2, 0.25) is 0 Å². The second-order valence-corrected chi connectivity index (χ2v) is 5.15. The van der Waals surface area contributed by atoms with E-state index in [1.54, 1.807) is 6.20 Å². The van der Waals surface area contributed by atoms with Crippen molar-refractivity contribution in [2.45, 2.75) is 5.03 Å². The van der Waals surface area contributed by atoms with Crippen molar-refractivity contribution in [1.29, 1.82) is 0 Å². The summed E-state index contributed by atoms with van der Waals surface area (Å²) in [7, 11) is 1.34. The first-order valence-corrected chi connectivity index (χ1v) is 6.16. The lowest BCUT2D eigenvalue weighted by Crippen LogP contribution is -1.99. The van der Waals surface area contributed by atoms with E-state index in [-0.39, 0.29) is 5.03 Å². The molecule has 0 saturated heterocycles. The van der Waals surface area contributed by atoms with Crippen molar-refractivity contribution in [2.75, 3.05) is 0 Å². The van der Waals surface area contributed by atoms with Gasteiger partial charge in [-0.05, 0) is 12.1 Å². The molecule has 0 fully saturated rings. The Morgan fingerprint density at radius 3 is 2.60 bits per heavy atom. The Balaban J connectivity index is 2.42. The summed E-state index contributed by atoms with van der Waals surface area (Å²) in [4.78, 5) is 3.70. The molecule has 0 unspecified atom stereocenters. The molecule has 0 atom stereocenters. The third-order valence-electron chi connectivity index (χ3n) is 1.66. The fourth-order valence-electron chi connectivity index (χ4n) is 0.998. The number of pyridine rings is 1. The zero-order chi connectivity index (χ0) is 10.9. The average Bonchev–Trinajstić information content (AvgIpc) is 2.69. The Morgan fingerprint density at radius 2 is 2.13 bits per heavy atom. The molecule has 0 spiro atoms. The largest absolute Gasteiger partial charge is 0.278 e. The molecule has 0 bridgehead atoms. The maximum Gasteiger partial charge on any atom is 0.278 e. The zero-order valence-corrected chi connectivity index (χ0v) is 8.85. The molecule has 0 saturated carbocycles. The molecule has 0 N–H and O–H groups in total. The molecule has 0 amide bonds. The summed E-state index contributed by atoms with van der Waals surface area (Å²) >= 11 is 0. The van der Waals surface area contributed by atoms with E-state index in [1.165, 1.54) is 29.2 Å². The van der Waals surface area contributed by atoms with Gasteiger partial charge in [0, 0.05) is 10.7 Å². The minimum absolute atomic E-state index is 0.187. The van der Waals surface area contributed by atoms with Gasteiger partial charge in [-0.3, -0.25) is 0 Å². The molecule has 0 aliphatic carbocycles. The van der Waals surface area contributed by atoms with Gasteiger partial charge in [0.15, 0.2) is 5.03 Å². The second kappa shape index (κ2) is 3.59. The molecule has 6 nitrogen and oxygen atoms in total. The van der Waals surface area contributed by atoms with Gasteiger partial charge >= 0.3 is 0 Å². The van der Waals surface area contributed by atoms with E-state index in [0.717, 1.165) is 0 Å². The highest BCUT2D eigenvalue weighted by Gasteiger charge is 2.11. The second-order valence-electron chi connectivity index (χ2n) is 2.64. The number of halogens is 1. The third-order valence-corrected chi connectivity index (χ3v) is 2.87. The van der Waals surface area contributed by atoms with E-state index in [4.69, 9.17) is 10.7 Å². The first kappa shape index (κ1) is 10.1. The van der Waals surface area contributed by atoms with Crippen molar-refractivity contribution in [3.63, 3.8) is 0 Å². The molecule has 2 heterocycles. The molecule has 78 valence electrons. The standard InChI is InChI=1S/C7H5ClN4O2S/c8-15(13,14)7-2-1-6(5-9-7)12-4-3-10-11-12/h1-5H. The van der Waals surface area contributed by atoms with Crippen LogP contribution in [0.5, 0.6) is 0 Å². The Hall–Kier alpha value is -1.47. The number of nitrogens with zero attached hydrogens (tertiary/aromatic N) is 4. The van der Waals surface area contributed by atoms with E-state index >= 15 is 0 Å². The van der Waals surface area contributed by atoms with Crippen LogP contribution in [-0.4, -0.2) is 28.4 Å². The van der Waals surface area contributed by atoms with Crippen molar-refractivity contribution < 1.29 is 8.42 Å². The van der Waals surface area contributed by atoms with Gasteiger partial charge in [0.2, 0.25) is 0 Å². The van der Waals surface area contributed by atoms with E-state index in [9.17, 15) is 8.42 Å². The summed E-state index contributed by atoms with van der Waals surface area (Å²) in [5, 5.41) is 7.15. The first-order chi connectivity index (χ1) is 7.07. The van der Waals surface area contributed by atoms with Gasteiger partial charge in [0.25, 0.3) is 9.05 Å². The lowest BCUT2D eigenvalue weighted by molar-refractivity contribution is 0.606. The molecule has 0 aliphatic heterocycles. The lowest BCUT2D eigenvalue weighted by atomic mass is 10.4. The van der Waals surface area contributed by atoms with E-state index in [0.29, 0.717) is 5.69 Å². The summed E-state index contributed by atoms with van der Waals surface area (Å²) in [6.45, 7) is 0. The van der Waals surface area contributed by atoms with Crippen LogP contribution in [0, 0.1) is 0 Å². The lowest BCUT2D eigenvalue weighted by Gasteiger charge is -1.99. The summed E-state index contributed by atoms with van der Waals surface area (Å²) in [5.41, 5.74) is 0.608.